The second kappa shape index (κ2) is 4.80. The number of cyclic esters (lactones) is 1. The van der Waals surface area contributed by atoms with Gasteiger partial charge in [-0.3, -0.25) is 0 Å². The average Bonchev–Trinajstić information content (AvgIpc) is 2.74. The molecule has 0 spiro atoms. The molecule has 1 unspecified atom stereocenters. The zero-order valence-electron chi connectivity index (χ0n) is 11.1. The average molecular weight is 289 g/mol. The first-order chi connectivity index (χ1) is 9.58. The lowest BCUT2D eigenvalue weighted by Gasteiger charge is -2.15. The summed E-state index contributed by atoms with van der Waals surface area (Å²) in [7, 11) is 0. The van der Waals surface area contributed by atoms with E-state index < -0.39 is 6.23 Å². The first-order valence-corrected chi connectivity index (χ1v) is 6.65. The summed E-state index contributed by atoms with van der Waals surface area (Å²) in [6.45, 7) is 3.68. The van der Waals surface area contributed by atoms with E-state index in [0.29, 0.717) is 16.3 Å². The van der Waals surface area contributed by atoms with Crippen molar-refractivity contribution in [2.75, 3.05) is 5.32 Å². The van der Waals surface area contributed by atoms with Gasteiger partial charge in [-0.15, -0.1) is 0 Å². The van der Waals surface area contributed by atoms with E-state index in [9.17, 15) is 4.79 Å². The molecule has 1 aliphatic heterocycles. The summed E-state index contributed by atoms with van der Waals surface area (Å²) in [5.74, 6) is -0.363. The van der Waals surface area contributed by atoms with Crippen LogP contribution < -0.4 is 5.32 Å². The van der Waals surface area contributed by atoms with E-state index in [2.05, 4.69) is 10.3 Å². The van der Waals surface area contributed by atoms with Crippen molar-refractivity contribution in [3.63, 3.8) is 0 Å². The van der Waals surface area contributed by atoms with Crippen LogP contribution in [0.25, 0.3) is 0 Å². The van der Waals surface area contributed by atoms with Crippen molar-refractivity contribution in [3.8, 4) is 0 Å². The molecule has 0 fully saturated rings. The van der Waals surface area contributed by atoms with E-state index in [-0.39, 0.29) is 5.97 Å². The number of pyridine rings is 1. The highest BCUT2D eigenvalue weighted by Gasteiger charge is 2.36. The second-order valence-corrected chi connectivity index (χ2v) is 5.06. The maximum absolute atomic E-state index is 12.0. The highest BCUT2D eigenvalue weighted by Crippen LogP contribution is 2.38. The molecule has 0 bridgehead atoms. The number of para-hydroxylation sites is 1. The number of esters is 1. The van der Waals surface area contributed by atoms with Crippen LogP contribution in [-0.2, 0) is 4.74 Å². The Kier molecular flexibility index (Phi) is 3.10. The summed E-state index contributed by atoms with van der Waals surface area (Å²) in [6.07, 6.45) is -0.598. The lowest BCUT2D eigenvalue weighted by atomic mass is 10.0. The molecule has 0 radical (unpaired) electrons. The first kappa shape index (κ1) is 12.9. The number of hydrogen-bond donors (Lipinski definition) is 1. The van der Waals surface area contributed by atoms with E-state index in [4.69, 9.17) is 16.3 Å². The van der Waals surface area contributed by atoms with Crippen molar-refractivity contribution in [3.05, 3.63) is 57.9 Å². The molecule has 0 amide bonds. The molecule has 4 nitrogen and oxygen atoms in total. The molecule has 1 N–H and O–H groups in total. The normalized spacial score (nSPS) is 16.8. The van der Waals surface area contributed by atoms with Crippen LogP contribution in [0.5, 0.6) is 0 Å². The number of carbonyl (C=O) groups is 1. The summed E-state index contributed by atoms with van der Waals surface area (Å²) in [5, 5.41) is 3.46. The fraction of sp³-hybridized carbons (Fsp3) is 0.200. The van der Waals surface area contributed by atoms with Gasteiger partial charge in [-0.05, 0) is 31.5 Å². The van der Waals surface area contributed by atoms with Crippen molar-refractivity contribution in [2.45, 2.75) is 20.1 Å². The Hall–Kier alpha value is -2.07. The van der Waals surface area contributed by atoms with Crippen molar-refractivity contribution in [1.82, 2.24) is 4.98 Å². The molecule has 3 rings (SSSR count). The topological polar surface area (TPSA) is 51.2 Å². The Labute approximate surface area is 121 Å². The van der Waals surface area contributed by atoms with E-state index in [1.807, 2.05) is 44.2 Å². The number of halogens is 1. The maximum atomic E-state index is 12.0. The Morgan fingerprint density at radius 1 is 1.25 bits per heavy atom. The van der Waals surface area contributed by atoms with Crippen LogP contribution in [0.4, 0.5) is 5.69 Å². The van der Waals surface area contributed by atoms with Crippen LogP contribution in [0.2, 0.25) is 5.15 Å². The van der Waals surface area contributed by atoms with Crippen molar-refractivity contribution in [2.24, 2.45) is 0 Å². The smallest absolute Gasteiger partial charge is 0.341 e. The molecule has 5 heteroatoms. The monoisotopic (exact) mass is 288 g/mol. The molecular weight excluding hydrogens is 276 g/mol. The largest absolute Gasteiger partial charge is 0.434 e. The van der Waals surface area contributed by atoms with Crippen LogP contribution in [-0.4, -0.2) is 11.0 Å². The molecule has 1 aromatic heterocycles. The predicted molar refractivity (Wildman–Crippen MR) is 76.9 cm³/mol. The number of rotatable bonds is 2. The van der Waals surface area contributed by atoms with Gasteiger partial charge in [0.05, 0.1) is 11.1 Å². The molecule has 20 heavy (non-hydrogen) atoms. The third kappa shape index (κ3) is 2.02. The van der Waals surface area contributed by atoms with E-state index in [1.54, 1.807) is 0 Å². The van der Waals surface area contributed by atoms with Crippen LogP contribution in [0.1, 0.15) is 33.4 Å². The van der Waals surface area contributed by atoms with E-state index in [0.717, 1.165) is 16.9 Å². The van der Waals surface area contributed by atoms with Gasteiger partial charge in [0.15, 0.2) is 0 Å². The summed E-state index contributed by atoms with van der Waals surface area (Å²) in [6, 6.07) is 9.52. The zero-order chi connectivity index (χ0) is 14.3. The summed E-state index contributed by atoms with van der Waals surface area (Å²) in [4.78, 5) is 16.3. The highest BCUT2D eigenvalue weighted by molar-refractivity contribution is 6.31. The van der Waals surface area contributed by atoms with Crippen LogP contribution >= 0.6 is 11.6 Å². The van der Waals surface area contributed by atoms with Gasteiger partial charge in [0, 0.05) is 11.4 Å². The number of nitrogens with zero attached hydrogens (tertiary/aromatic N) is 1. The molecular formula is C15H13ClN2O2. The minimum absolute atomic E-state index is 0.308. The molecule has 102 valence electrons. The van der Waals surface area contributed by atoms with Crippen molar-refractivity contribution < 1.29 is 9.53 Å². The SMILES string of the molecule is Cc1nc(Cl)c2c(c1C)C(=O)OC2Nc1ccccc1. The molecule has 0 aliphatic carbocycles. The van der Waals surface area contributed by atoms with Crippen molar-refractivity contribution >= 4 is 23.3 Å². The Morgan fingerprint density at radius 3 is 2.65 bits per heavy atom. The molecule has 0 saturated carbocycles. The fourth-order valence-electron chi connectivity index (χ4n) is 2.29. The predicted octanol–water partition coefficient (Wildman–Crippen LogP) is 3.63. The first-order valence-electron chi connectivity index (χ1n) is 6.27. The number of aryl methyl sites for hydroxylation is 1. The van der Waals surface area contributed by atoms with Gasteiger partial charge < -0.3 is 10.1 Å². The fourth-order valence-corrected chi connectivity index (χ4v) is 2.61. The molecule has 0 saturated heterocycles. The Morgan fingerprint density at radius 2 is 1.95 bits per heavy atom. The summed E-state index contributed by atoms with van der Waals surface area (Å²) < 4.78 is 5.38. The lowest BCUT2D eigenvalue weighted by Crippen LogP contribution is -2.11. The Balaban J connectivity index is 2.04. The number of fused-ring (bicyclic) bond motifs is 1. The minimum Gasteiger partial charge on any atom is -0.434 e. The molecule has 1 aromatic carbocycles. The number of anilines is 1. The second-order valence-electron chi connectivity index (χ2n) is 4.70. The highest BCUT2D eigenvalue weighted by atomic mass is 35.5. The summed E-state index contributed by atoms with van der Waals surface area (Å²) >= 11 is 6.19. The number of nitrogens with one attached hydrogen (secondary N) is 1. The number of hydrogen-bond acceptors (Lipinski definition) is 4. The van der Waals surface area contributed by atoms with Gasteiger partial charge in [0.1, 0.15) is 5.15 Å². The van der Waals surface area contributed by atoms with Gasteiger partial charge >= 0.3 is 5.97 Å². The number of aromatic nitrogens is 1. The zero-order valence-corrected chi connectivity index (χ0v) is 11.9. The number of benzene rings is 1. The lowest BCUT2D eigenvalue weighted by molar-refractivity contribution is 0.0437. The van der Waals surface area contributed by atoms with Gasteiger partial charge in [-0.1, -0.05) is 29.8 Å². The van der Waals surface area contributed by atoms with Gasteiger partial charge in [0.2, 0.25) is 6.23 Å². The molecule has 2 aromatic rings. The van der Waals surface area contributed by atoms with E-state index >= 15 is 0 Å². The van der Waals surface area contributed by atoms with Gasteiger partial charge in [-0.2, -0.15) is 0 Å². The van der Waals surface area contributed by atoms with Gasteiger partial charge in [-0.25, -0.2) is 9.78 Å². The quantitative estimate of drug-likeness (QED) is 0.677. The molecule has 1 atom stereocenters. The third-order valence-corrected chi connectivity index (χ3v) is 3.73. The minimum atomic E-state index is -0.598. The standard InChI is InChI=1S/C15H13ClN2O2/c1-8-9(2)17-13(16)12-11(8)15(19)20-14(12)18-10-6-4-3-5-7-10/h3-7,14,18H,1-2H3. The van der Waals surface area contributed by atoms with Crippen molar-refractivity contribution in [1.29, 1.82) is 0 Å². The van der Waals surface area contributed by atoms with Crippen LogP contribution in [0, 0.1) is 13.8 Å². The van der Waals surface area contributed by atoms with Gasteiger partial charge in [0.25, 0.3) is 0 Å². The molecule has 2 heterocycles. The number of carbonyl (C=O) groups excluding carboxylic acids is 1. The number of ether oxygens (including phenoxy) is 1. The Bertz CT molecular complexity index is 686. The maximum Gasteiger partial charge on any atom is 0.341 e. The summed E-state index contributed by atoms with van der Waals surface area (Å²) in [5.41, 5.74) is 3.55. The third-order valence-electron chi connectivity index (χ3n) is 3.44. The van der Waals surface area contributed by atoms with Crippen LogP contribution in [0.15, 0.2) is 30.3 Å². The molecule has 1 aliphatic rings. The van der Waals surface area contributed by atoms with Crippen LogP contribution in [0.3, 0.4) is 0 Å². The van der Waals surface area contributed by atoms with E-state index in [1.165, 1.54) is 0 Å².